The van der Waals surface area contributed by atoms with E-state index in [0.717, 1.165) is 57.3 Å². The lowest BCUT2D eigenvalue weighted by Gasteiger charge is -2.21. The van der Waals surface area contributed by atoms with Gasteiger partial charge in [0.1, 0.15) is 0 Å². The normalized spacial score (nSPS) is 18.9. The van der Waals surface area contributed by atoms with E-state index in [0.29, 0.717) is 17.7 Å². The van der Waals surface area contributed by atoms with Gasteiger partial charge >= 0.3 is 0 Å². The highest BCUT2D eigenvalue weighted by Gasteiger charge is 2.24. The molecule has 1 aromatic rings. The standard InChI is InChI=1S/C16H29N5O2/c1-12(2)15-19-14(23-20-15)6-5-8-18-16(17-3)21-9-7-13(10-21)11-22-4/h12-13H,5-11H2,1-4H3,(H,17,18). The molecular formula is C16H29N5O2. The fraction of sp³-hybridized carbons (Fsp3) is 0.812. The second-order valence-electron chi connectivity index (χ2n) is 6.33. The highest BCUT2D eigenvalue weighted by atomic mass is 16.5. The predicted octanol–water partition coefficient (Wildman–Crippen LogP) is 1.67. The lowest BCUT2D eigenvalue weighted by Crippen LogP contribution is -2.40. The van der Waals surface area contributed by atoms with Crippen molar-refractivity contribution in [1.29, 1.82) is 0 Å². The Hall–Kier alpha value is -1.63. The zero-order chi connectivity index (χ0) is 16.7. The van der Waals surface area contributed by atoms with Gasteiger partial charge in [-0.3, -0.25) is 4.99 Å². The highest BCUT2D eigenvalue weighted by Crippen LogP contribution is 2.16. The molecule has 2 heterocycles. The molecule has 1 aliphatic heterocycles. The third-order valence-corrected chi connectivity index (χ3v) is 4.05. The largest absolute Gasteiger partial charge is 0.384 e. The van der Waals surface area contributed by atoms with E-state index >= 15 is 0 Å². The lowest BCUT2D eigenvalue weighted by atomic mass is 10.1. The molecule has 1 saturated heterocycles. The van der Waals surface area contributed by atoms with Crippen molar-refractivity contribution in [2.75, 3.05) is 40.4 Å². The van der Waals surface area contributed by atoms with E-state index in [4.69, 9.17) is 9.26 Å². The summed E-state index contributed by atoms with van der Waals surface area (Å²) in [6, 6.07) is 0. The number of hydrogen-bond donors (Lipinski definition) is 1. The molecule has 0 bridgehead atoms. The average Bonchev–Trinajstić information content (AvgIpc) is 3.17. The summed E-state index contributed by atoms with van der Waals surface area (Å²) in [6.07, 6.45) is 2.89. The molecule has 0 spiro atoms. The second kappa shape index (κ2) is 8.86. The van der Waals surface area contributed by atoms with E-state index in [2.05, 4.69) is 39.2 Å². The Bertz CT molecular complexity index is 500. The first-order valence-corrected chi connectivity index (χ1v) is 8.41. The van der Waals surface area contributed by atoms with Crippen LogP contribution in [0, 0.1) is 5.92 Å². The fourth-order valence-corrected chi connectivity index (χ4v) is 2.77. The summed E-state index contributed by atoms with van der Waals surface area (Å²) >= 11 is 0. The van der Waals surface area contributed by atoms with E-state index in [1.54, 1.807) is 7.11 Å². The summed E-state index contributed by atoms with van der Waals surface area (Å²) in [7, 11) is 3.59. The van der Waals surface area contributed by atoms with Crippen LogP contribution in [0.25, 0.3) is 0 Å². The van der Waals surface area contributed by atoms with Crippen LogP contribution < -0.4 is 5.32 Å². The van der Waals surface area contributed by atoms with Crippen LogP contribution in [-0.4, -0.2) is 61.4 Å². The molecule has 0 radical (unpaired) electrons. The number of nitrogens with zero attached hydrogens (tertiary/aromatic N) is 4. The van der Waals surface area contributed by atoms with E-state index in [9.17, 15) is 0 Å². The monoisotopic (exact) mass is 323 g/mol. The number of nitrogens with one attached hydrogen (secondary N) is 1. The van der Waals surface area contributed by atoms with E-state index < -0.39 is 0 Å². The topological polar surface area (TPSA) is 75.8 Å². The molecule has 7 nitrogen and oxygen atoms in total. The van der Waals surface area contributed by atoms with Crippen molar-refractivity contribution in [2.24, 2.45) is 10.9 Å². The van der Waals surface area contributed by atoms with Gasteiger partial charge in [0.15, 0.2) is 11.8 Å². The Labute approximate surface area is 138 Å². The Balaban J connectivity index is 1.70. The van der Waals surface area contributed by atoms with Crippen molar-refractivity contribution in [2.45, 2.75) is 39.0 Å². The van der Waals surface area contributed by atoms with Crippen molar-refractivity contribution >= 4 is 5.96 Å². The lowest BCUT2D eigenvalue weighted by molar-refractivity contribution is 0.157. The minimum Gasteiger partial charge on any atom is -0.384 e. The van der Waals surface area contributed by atoms with Gasteiger partial charge in [-0.2, -0.15) is 4.98 Å². The molecule has 1 aliphatic rings. The summed E-state index contributed by atoms with van der Waals surface area (Å²) in [6.45, 7) is 7.84. The van der Waals surface area contributed by atoms with Crippen molar-refractivity contribution in [3.05, 3.63) is 11.7 Å². The molecule has 0 saturated carbocycles. The summed E-state index contributed by atoms with van der Waals surface area (Å²) in [5, 5.41) is 7.40. The first kappa shape index (κ1) is 17.7. The van der Waals surface area contributed by atoms with Crippen LogP contribution in [0.1, 0.15) is 44.3 Å². The average molecular weight is 323 g/mol. The van der Waals surface area contributed by atoms with Crippen molar-refractivity contribution in [3.63, 3.8) is 0 Å². The summed E-state index contributed by atoms with van der Waals surface area (Å²) in [5.74, 6) is 3.37. The Morgan fingerprint density at radius 1 is 1.52 bits per heavy atom. The molecule has 0 aliphatic carbocycles. The molecule has 7 heteroatoms. The van der Waals surface area contributed by atoms with Gasteiger partial charge in [0.05, 0.1) is 6.61 Å². The first-order chi connectivity index (χ1) is 11.1. The maximum Gasteiger partial charge on any atom is 0.226 e. The number of aliphatic imine (C=N–C) groups is 1. The van der Waals surface area contributed by atoms with E-state index in [-0.39, 0.29) is 0 Å². The molecule has 1 N–H and O–H groups in total. The maximum atomic E-state index is 5.26. The first-order valence-electron chi connectivity index (χ1n) is 8.41. The SMILES string of the molecule is CN=C(NCCCc1nc(C(C)C)no1)N1CCC(COC)C1. The molecule has 1 fully saturated rings. The summed E-state index contributed by atoms with van der Waals surface area (Å²) in [5.41, 5.74) is 0. The molecular weight excluding hydrogens is 294 g/mol. The van der Waals surface area contributed by atoms with Gasteiger partial charge in [-0.25, -0.2) is 0 Å². The van der Waals surface area contributed by atoms with Crippen LogP contribution in [0.3, 0.4) is 0 Å². The quantitative estimate of drug-likeness (QED) is 0.467. The number of ether oxygens (including phenoxy) is 1. The number of rotatable bonds is 7. The van der Waals surface area contributed by atoms with Gasteiger partial charge in [-0.1, -0.05) is 19.0 Å². The van der Waals surface area contributed by atoms with Crippen LogP contribution >= 0.6 is 0 Å². The van der Waals surface area contributed by atoms with Gasteiger partial charge in [-0.15, -0.1) is 0 Å². The van der Waals surface area contributed by atoms with Crippen LogP contribution in [0.5, 0.6) is 0 Å². The predicted molar refractivity (Wildman–Crippen MR) is 89.6 cm³/mol. The van der Waals surface area contributed by atoms with Crippen molar-refractivity contribution in [3.8, 4) is 0 Å². The smallest absolute Gasteiger partial charge is 0.226 e. The van der Waals surface area contributed by atoms with Crippen molar-refractivity contribution < 1.29 is 9.26 Å². The maximum absolute atomic E-state index is 5.26. The Kier molecular flexibility index (Phi) is 6.83. The molecule has 0 aromatic carbocycles. The Morgan fingerprint density at radius 2 is 2.35 bits per heavy atom. The van der Waals surface area contributed by atoms with E-state index in [1.165, 1.54) is 0 Å². The van der Waals surface area contributed by atoms with Crippen LogP contribution in [0.2, 0.25) is 0 Å². The Morgan fingerprint density at radius 3 is 3.00 bits per heavy atom. The molecule has 23 heavy (non-hydrogen) atoms. The van der Waals surface area contributed by atoms with Gasteiger partial charge in [-0.05, 0) is 12.8 Å². The number of methoxy groups -OCH3 is 1. The van der Waals surface area contributed by atoms with E-state index in [1.807, 2.05) is 7.05 Å². The van der Waals surface area contributed by atoms with Crippen LogP contribution in [0.4, 0.5) is 0 Å². The third kappa shape index (κ3) is 5.20. The fourth-order valence-electron chi connectivity index (χ4n) is 2.77. The molecule has 2 rings (SSSR count). The number of aryl methyl sites for hydroxylation is 1. The zero-order valence-electron chi connectivity index (χ0n) is 14.7. The molecule has 1 aromatic heterocycles. The molecule has 1 unspecified atom stereocenters. The van der Waals surface area contributed by atoms with Gasteiger partial charge in [0.25, 0.3) is 0 Å². The highest BCUT2D eigenvalue weighted by molar-refractivity contribution is 5.80. The molecule has 0 amide bonds. The zero-order valence-corrected chi connectivity index (χ0v) is 14.7. The number of likely N-dealkylation sites (tertiary alicyclic amines) is 1. The summed E-state index contributed by atoms with van der Waals surface area (Å²) < 4.78 is 10.5. The van der Waals surface area contributed by atoms with Gasteiger partial charge < -0.3 is 19.5 Å². The number of aromatic nitrogens is 2. The van der Waals surface area contributed by atoms with Gasteiger partial charge in [0.2, 0.25) is 5.89 Å². The minimum atomic E-state index is 0.305. The van der Waals surface area contributed by atoms with Crippen LogP contribution in [-0.2, 0) is 11.2 Å². The third-order valence-electron chi connectivity index (χ3n) is 4.05. The minimum absolute atomic E-state index is 0.305. The summed E-state index contributed by atoms with van der Waals surface area (Å²) in [4.78, 5) is 11.1. The number of hydrogen-bond acceptors (Lipinski definition) is 5. The van der Waals surface area contributed by atoms with Crippen LogP contribution in [0.15, 0.2) is 9.52 Å². The number of guanidine groups is 1. The molecule has 1 atom stereocenters. The van der Waals surface area contributed by atoms with Gasteiger partial charge in [0, 0.05) is 52.0 Å². The molecule has 130 valence electrons. The second-order valence-corrected chi connectivity index (χ2v) is 6.33. The van der Waals surface area contributed by atoms with Crippen molar-refractivity contribution in [1.82, 2.24) is 20.4 Å².